The van der Waals surface area contributed by atoms with E-state index >= 15 is 0 Å². The van der Waals surface area contributed by atoms with E-state index in [-0.39, 0.29) is 0 Å². The van der Waals surface area contributed by atoms with Crippen LogP contribution in [0.5, 0.6) is 0 Å². The lowest BCUT2D eigenvalue weighted by atomic mass is 9.82. The molecule has 1 aliphatic heterocycles. The summed E-state index contributed by atoms with van der Waals surface area (Å²) in [6.07, 6.45) is 0. The van der Waals surface area contributed by atoms with Gasteiger partial charge >= 0.3 is 5.97 Å². The van der Waals surface area contributed by atoms with Crippen LogP contribution < -0.4 is 0 Å². The summed E-state index contributed by atoms with van der Waals surface area (Å²) >= 11 is 1.74. The van der Waals surface area contributed by atoms with Crippen LogP contribution in [0.2, 0.25) is 0 Å². The van der Waals surface area contributed by atoms with Crippen LogP contribution >= 0.6 is 11.3 Å². The van der Waals surface area contributed by atoms with E-state index in [9.17, 15) is 4.79 Å². The number of carboxylic acids is 1. The van der Waals surface area contributed by atoms with Gasteiger partial charge in [0.15, 0.2) is 0 Å². The molecule has 1 N–H and O–H groups in total. The highest BCUT2D eigenvalue weighted by molar-refractivity contribution is 7.10. The molecule has 1 aromatic heterocycles. The highest BCUT2D eigenvalue weighted by Crippen LogP contribution is 2.31. The van der Waals surface area contributed by atoms with E-state index < -0.39 is 11.4 Å². The third kappa shape index (κ3) is 2.06. The number of carboxylic acid groups (broad SMARTS) is 1. The molecule has 1 fully saturated rings. The van der Waals surface area contributed by atoms with Gasteiger partial charge in [-0.25, -0.2) is 0 Å². The zero-order chi connectivity index (χ0) is 11.1. The molecule has 0 unspecified atom stereocenters. The largest absolute Gasteiger partial charge is 0.481 e. The Morgan fingerprint density at radius 1 is 1.67 bits per heavy atom. The summed E-state index contributed by atoms with van der Waals surface area (Å²) in [4.78, 5) is 14.4. The second kappa shape index (κ2) is 3.61. The van der Waals surface area contributed by atoms with E-state index in [0.717, 1.165) is 6.54 Å². The highest BCUT2D eigenvalue weighted by atomic mass is 32.1. The topological polar surface area (TPSA) is 40.5 Å². The van der Waals surface area contributed by atoms with E-state index in [1.54, 1.807) is 11.3 Å². The van der Waals surface area contributed by atoms with Crippen molar-refractivity contribution in [3.8, 4) is 0 Å². The van der Waals surface area contributed by atoms with Gasteiger partial charge in [-0.05, 0) is 30.9 Å². The minimum atomic E-state index is -0.680. The maximum atomic E-state index is 10.9. The summed E-state index contributed by atoms with van der Waals surface area (Å²) in [7, 11) is 0. The Labute approximate surface area is 93.3 Å². The number of aryl methyl sites for hydroxylation is 1. The van der Waals surface area contributed by atoms with Crippen molar-refractivity contribution in [2.45, 2.75) is 20.4 Å². The maximum absolute atomic E-state index is 10.9. The van der Waals surface area contributed by atoms with Gasteiger partial charge in [-0.15, -0.1) is 11.3 Å². The van der Waals surface area contributed by atoms with E-state index in [4.69, 9.17) is 5.11 Å². The summed E-state index contributed by atoms with van der Waals surface area (Å²) in [6, 6.07) is 2.17. The summed E-state index contributed by atoms with van der Waals surface area (Å²) in [6.45, 7) is 6.11. The average Bonchev–Trinajstić information content (AvgIpc) is 2.48. The zero-order valence-corrected chi connectivity index (χ0v) is 9.80. The quantitative estimate of drug-likeness (QED) is 0.855. The van der Waals surface area contributed by atoms with Gasteiger partial charge < -0.3 is 5.11 Å². The fourth-order valence-electron chi connectivity index (χ4n) is 2.03. The lowest BCUT2D eigenvalue weighted by Gasteiger charge is -2.44. The van der Waals surface area contributed by atoms with Gasteiger partial charge in [-0.3, -0.25) is 9.69 Å². The van der Waals surface area contributed by atoms with Crippen molar-refractivity contribution < 1.29 is 9.90 Å². The first-order valence-electron chi connectivity index (χ1n) is 4.99. The average molecular weight is 225 g/mol. The predicted molar refractivity (Wildman–Crippen MR) is 60.1 cm³/mol. The molecule has 15 heavy (non-hydrogen) atoms. The fraction of sp³-hybridized carbons (Fsp3) is 0.545. The molecule has 0 bridgehead atoms. The minimum Gasteiger partial charge on any atom is -0.481 e. The molecule has 0 amide bonds. The molecule has 1 aliphatic rings. The number of thiophene rings is 1. The van der Waals surface area contributed by atoms with Crippen LogP contribution in [0.3, 0.4) is 0 Å². The molecule has 82 valence electrons. The second-order valence-corrected chi connectivity index (χ2v) is 5.69. The van der Waals surface area contributed by atoms with Crippen LogP contribution in [0.15, 0.2) is 11.4 Å². The van der Waals surface area contributed by atoms with Gasteiger partial charge in [-0.2, -0.15) is 0 Å². The van der Waals surface area contributed by atoms with Crippen molar-refractivity contribution in [1.82, 2.24) is 4.90 Å². The van der Waals surface area contributed by atoms with Crippen molar-refractivity contribution in [3.63, 3.8) is 0 Å². The second-order valence-electron chi connectivity index (χ2n) is 4.58. The van der Waals surface area contributed by atoms with Gasteiger partial charge in [0.2, 0.25) is 0 Å². The molecule has 0 aromatic carbocycles. The molecule has 1 saturated heterocycles. The number of hydrogen-bond acceptors (Lipinski definition) is 3. The SMILES string of the molecule is Cc1cc(CN2CC(C)(C(=O)O)C2)cs1. The summed E-state index contributed by atoms with van der Waals surface area (Å²) < 4.78 is 0. The summed E-state index contributed by atoms with van der Waals surface area (Å²) in [5, 5.41) is 11.1. The molecule has 0 saturated carbocycles. The van der Waals surface area contributed by atoms with E-state index in [1.807, 2.05) is 6.92 Å². The van der Waals surface area contributed by atoms with Gasteiger partial charge in [-0.1, -0.05) is 0 Å². The van der Waals surface area contributed by atoms with Crippen LogP contribution in [0.25, 0.3) is 0 Å². The minimum absolute atomic E-state index is 0.523. The Kier molecular flexibility index (Phi) is 2.56. The van der Waals surface area contributed by atoms with E-state index in [1.165, 1.54) is 10.4 Å². The molecule has 0 atom stereocenters. The van der Waals surface area contributed by atoms with Crippen molar-refractivity contribution in [3.05, 3.63) is 21.9 Å². The number of hydrogen-bond donors (Lipinski definition) is 1. The third-order valence-corrected chi connectivity index (χ3v) is 3.76. The number of nitrogens with zero attached hydrogens (tertiary/aromatic N) is 1. The molecule has 0 spiro atoms. The number of aliphatic carboxylic acids is 1. The molecule has 2 rings (SSSR count). The Hall–Kier alpha value is -0.870. The van der Waals surface area contributed by atoms with Gasteiger partial charge in [0, 0.05) is 24.5 Å². The number of carbonyl (C=O) groups is 1. The molecule has 0 radical (unpaired) electrons. The molecular weight excluding hydrogens is 210 g/mol. The van der Waals surface area contributed by atoms with Crippen molar-refractivity contribution >= 4 is 17.3 Å². The van der Waals surface area contributed by atoms with E-state index in [0.29, 0.717) is 13.1 Å². The molecule has 2 heterocycles. The molecular formula is C11H15NO2S. The van der Waals surface area contributed by atoms with Crippen molar-refractivity contribution in [1.29, 1.82) is 0 Å². The molecule has 1 aromatic rings. The highest BCUT2D eigenvalue weighted by Gasteiger charge is 2.44. The predicted octanol–water partition coefficient (Wildman–Crippen LogP) is 1.96. The fourth-order valence-corrected chi connectivity index (χ4v) is 2.73. The van der Waals surface area contributed by atoms with Crippen LogP contribution in [0.4, 0.5) is 0 Å². The van der Waals surface area contributed by atoms with Crippen LogP contribution in [-0.4, -0.2) is 29.1 Å². The molecule has 3 nitrogen and oxygen atoms in total. The summed E-state index contributed by atoms with van der Waals surface area (Å²) in [5.74, 6) is -0.680. The molecule has 4 heteroatoms. The first kappa shape index (κ1) is 10.6. The third-order valence-electron chi connectivity index (χ3n) is 2.85. The number of likely N-dealkylation sites (tertiary alicyclic amines) is 1. The smallest absolute Gasteiger partial charge is 0.311 e. The first-order valence-corrected chi connectivity index (χ1v) is 5.87. The maximum Gasteiger partial charge on any atom is 0.311 e. The van der Waals surface area contributed by atoms with Crippen LogP contribution in [-0.2, 0) is 11.3 Å². The Morgan fingerprint density at radius 3 is 2.80 bits per heavy atom. The standard InChI is InChI=1S/C11H15NO2S/c1-8-3-9(5-15-8)4-12-6-11(2,7-12)10(13)14/h3,5H,4,6-7H2,1-2H3,(H,13,14). The Morgan fingerprint density at radius 2 is 2.33 bits per heavy atom. The van der Waals surface area contributed by atoms with Gasteiger partial charge in [0.05, 0.1) is 5.41 Å². The monoisotopic (exact) mass is 225 g/mol. The summed E-state index contributed by atoms with van der Waals surface area (Å²) in [5.41, 5.74) is 0.773. The van der Waals surface area contributed by atoms with E-state index in [2.05, 4.69) is 23.3 Å². The Bertz CT molecular complexity index is 380. The van der Waals surface area contributed by atoms with Gasteiger partial charge in [0.25, 0.3) is 0 Å². The van der Waals surface area contributed by atoms with Gasteiger partial charge in [0.1, 0.15) is 0 Å². The first-order chi connectivity index (χ1) is 6.99. The number of rotatable bonds is 3. The van der Waals surface area contributed by atoms with Crippen molar-refractivity contribution in [2.24, 2.45) is 5.41 Å². The Balaban J connectivity index is 1.88. The molecule has 0 aliphatic carbocycles. The lowest BCUT2D eigenvalue weighted by Crippen LogP contribution is -2.58. The van der Waals surface area contributed by atoms with Crippen LogP contribution in [0.1, 0.15) is 17.4 Å². The van der Waals surface area contributed by atoms with Crippen molar-refractivity contribution in [2.75, 3.05) is 13.1 Å². The lowest BCUT2D eigenvalue weighted by molar-refractivity contribution is -0.158. The zero-order valence-electron chi connectivity index (χ0n) is 8.99. The van der Waals surface area contributed by atoms with Crippen LogP contribution in [0, 0.1) is 12.3 Å². The normalized spacial score (nSPS) is 19.9.